The quantitative estimate of drug-likeness (QED) is 0.728. The first-order chi connectivity index (χ1) is 11.5. The van der Waals surface area contributed by atoms with Crippen LogP contribution in [0.3, 0.4) is 0 Å². The molecule has 0 bridgehead atoms. The van der Waals surface area contributed by atoms with E-state index in [0.717, 1.165) is 12.0 Å². The summed E-state index contributed by atoms with van der Waals surface area (Å²) in [5.74, 6) is -1.15. The molecule has 2 rings (SSSR count). The van der Waals surface area contributed by atoms with Gasteiger partial charge in [0.25, 0.3) is 5.91 Å². The maximum absolute atomic E-state index is 11.9. The minimum Gasteiger partial charge on any atom is -0.507 e. The predicted molar refractivity (Wildman–Crippen MR) is 92.9 cm³/mol. The topological polar surface area (TPSA) is 78.4 Å². The number of nitrogens with one attached hydrogen (secondary N) is 2. The van der Waals surface area contributed by atoms with E-state index in [2.05, 4.69) is 17.8 Å². The summed E-state index contributed by atoms with van der Waals surface area (Å²) in [6, 6.07) is 12.2. The number of rotatable bonds is 5. The molecule has 2 amide bonds. The highest BCUT2D eigenvalue weighted by atomic mass is 35.5. The monoisotopic (exact) mass is 346 g/mol. The van der Waals surface area contributed by atoms with Crippen molar-refractivity contribution in [2.24, 2.45) is 0 Å². The number of carbonyl (C=O) groups excluding carboxylic acids is 2. The van der Waals surface area contributed by atoms with Gasteiger partial charge in [0.15, 0.2) is 0 Å². The van der Waals surface area contributed by atoms with Gasteiger partial charge in [-0.2, -0.15) is 0 Å². The van der Waals surface area contributed by atoms with Gasteiger partial charge in [-0.3, -0.25) is 20.4 Å². The number of hydrazine groups is 1. The van der Waals surface area contributed by atoms with Crippen molar-refractivity contribution in [3.63, 3.8) is 0 Å². The largest absolute Gasteiger partial charge is 0.507 e. The van der Waals surface area contributed by atoms with Gasteiger partial charge in [0, 0.05) is 11.4 Å². The molecule has 0 heterocycles. The Kier molecular flexibility index (Phi) is 6.21. The molecule has 3 N–H and O–H groups in total. The van der Waals surface area contributed by atoms with Gasteiger partial charge >= 0.3 is 0 Å². The lowest BCUT2D eigenvalue weighted by Gasteiger charge is -2.09. The molecular weight excluding hydrogens is 328 g/mol. The Morgan fingerprint density at radius 2 is 1.71 bits per heavy atom. The van der Waals surface area contributed by atoms with E-state index in [9.17, 15) is 14.7 Å². The SMILES string of the molecule is CCc1ccc(CCC(=O)NNC(=O)c2cc(Cl)ccc2O)cc1. The summed E-state index contributed by atoms with van der Waals surface area (Å²) in [5, 5.41) is 9.95. The van der Waals surface area contributed by atoms with Crippen LogP contribution in [0.15, 0.2) is 42.5 Å². The van der Waals surface area contributed by atoms with E-state index in [1.165, 1.54) is 23.8 Å². The highest BCUT2D eigenvalue weighted by Crippen LogP contribution is 2.20. The molecule has 0 saturated heterocycles. The molecule has 5 nitrogen and oxygen atoms in total. The van der Waals surface area contributed by atoms with Crippen molar-refractivity contribution in [2.75, 3.05) is 0 Å². The summed E-state index contributed by atoms with van der Waals surface area (Å²) < 4.78 is 0. The van der Waals surface area contributed by atoms with Crippen LogP contribution < -0.4 is 10.9 Å². The van der Waals surface area contributed by atoms with E-state index in [4.69, 9.17) is 11.6 Å². The van der Waals surface area contributed by atoms with Crippen LogP contribution in [0, 0.1) is 0 Å². The summed E-state index contributed by atoms with van der Waals surface area (Å²) in [7, 11) is 0. The molecular formula is C18H19ClN2O3. The van der Waals surface area contributed by atoms with Gasteiger partial charge in [-0.15, -0.1) is 0 Å². The minimum atomic E-state index is -0.629. The Morgan fingerprint density at radius 1 is 1.04 bits per heavy atom. The molecule has 0 aliphatic carbocycles. The molecule has 0 atom stereocenters. The van der Waals surface area contributed by atoms with E-state index in [-0.39, 0.29) is 23.6 Å². The van der Waals surface area contributed by atoms with Gasteiger partial charge < -0.3 is 5.11 Å². The Bertz CT molecular complexity index is 730. The third-order valence-corrected chi connectivity index (χ3v) is 3.83. The predicted octanol–water partition coefficient (Wildman–Crippen LogP) is 3.00. The van der Waals surface area contributed by atoms with Crippen LogP contribution in [0.5, 0.6) is 5.75 Å². The van der Waals surface area contributed by atoms with Gasteiger partial charge in [0.05, 0.1) is 5.56 Å². The number of benzene rings is 2. The van der Waals surface area contributed by atoms with Crippen molar-refractivity contribution >= 4 is 23.4 Å². The Labute approximate surface area is 145 Å². The molecule has 0 unspecified atom stereocenters. The molecule has 0 saturated carbocycles. The van der Waals surface area contributed by atoms with Crippen LogP contribution in [-0.4, -0.2) is 16.9 Å². The number of hydrogen-bond donors (Lipinski definition) is 3. The molecule has 6 heteroatoms. The summed E-state index contributed by atoms with van der Waals surface area (Å²) in [6.07, 6.45) is 1.80. The van der Waals surface area contributed by atoms with Gasteiger partial charge in [-0.1, -0.05) is 42.8 Å². The van der Waals surface area contributed by atoms with Crippen molar-refractivity contribution in [1.29, 1.82) is 0 Å². The number of phenolic OH excluding ortho intramolecular Hbond substituents is 1. The number of carbonyl (C=O) groups is 2. The number of aryl methyl sites for hydroxylation is 2. The number of halogens is 1. The fourth-order valence-electron chi connectivity index (χ4n) is 2.15. The van der Waals surface area contributed by atoms with Crippen molar-refractivity contribution in [3.8, 4) is 5.75 Å². The molecule has 0 fully saturated rings. The van der Waals surface area contributed by atoms with Crippen LogP contribution >= 0.6 is 11.6 Å². The average Bonchev–Trinajstić information content (AvgIpc) is 2.60. The number of aromatic hydroxyl groups is 1. The highest BCUT2D eigenvalue weighted by Gasteiger charge is 2.12. The Hall–Kier alpha value is -2.53. The van der Waals surface area contributed by atoms with E-state index < -0.39 is 5.91 Å². The lowest BCUT2D eigenvalue weighted by Crippen LogP contribution is -2.41. The molecule has 0 radical (unpaired) electrons. The average molecular weight is 347 g/mol. The number of amides is 2. The van der Waals surface area contributed by atoms with E-state index in [0.29, 0.717) is 11.4 Å². The molecule has 24 heavy (non-hydrogen) atoms. The van der Waals surface area contributed by atoms with Crippen molar-refractivity contribution in [1.82, 2.24) is 10.9 Å². The standard InChI is InChI=1S/C18H19ClN2O3/c1-2-12-3-5-13(6-4-12)7-10-17(23)20-21-18(24)15-11-14(19)8-9-16(15)22/h3-6,8-9,11,22H,2,7,10H2,1H3,(H,20,23)(H,21,24). The van der Waals surface area contributed by atoms with Crippen LogP contribution in [0.1, 0.15) is 34.8 Å². The molecule has 0 aromatic heterocycles. The van der Waals surface area contributed by atoms with E-state index in [1.807, 2.05) is 24.3 Å². The summed E-state index contributed by atoms with van der Waals surface area (Å²) >= 11 is 5.78. The third-order valence-electron chi connectivity index (χ3n) is 3.59. The Morgan fingerprint density at radius 3 is 2.38 bits per heavy atom. The zero-order valence-electron chi connectivity index (χ0n) is 13.3. The van der Waals surface area contributed by atoms with Crippen molar-refractivity contribution in [2.45, 2.75) is 26.2 Å². The smallest absolute Gasteiger partial charge is 0.273 e. The molecule has 126 valence electrons. The van der Waals surface area contributed by atoms with Crippen LogP contribution in [0.25, 0.3) is 0 Å². The summed E-state index contributed by atoms with van der Waals surface area (Å²) in [5.41, 5.74) is 6.89. The normalized spacial score (nSPS) is 10.2. The van der Waals surface area contributed by atoms with Gasteiger partial charge in [-0.05, 0) is 42.2 Å². The third kappa shape index (κ3) is 4.99. The first kappa shape index (κ1) is 17.8. The molecule has 2 aromatic carbocycles. The fraction of sp³-hybridized carbons (Fsp3) is 0.222. The van der Waals surface area contributed by atoms with E-state index in [1.54, 1.807) is 0 Å². The van der Waals surface area contributed by atoms with E-state index >= 15 is 0 Å². The summed E-state index contributed by atoms with van der Waals surface area (Å²) in [6.45, 7) is 2.09. The van der Waals surface area contributed by atoms with Crippen molar-refractivity contribution < 1.29 is 14.7 Å². The fourth-order valence-corrected chi connectivity index (χ4v) is 2.32. The maximum atomic E-state index is 11.9. The second kappa shape index (κ2) is 8.36. The Balaban J connectivity index is 1.82. The van der Waals surface area contributed by atoms with Crippen LogP contribution in [0.4, 0.5) is 0 Å². The van der Waals surface area contributed by atoms with Gasteiger partial charge in [0.1, 0.15) is 5.75 Å². The van der Waals surface area contributed by atoms with Crippen LogP contribution in [-0.2, 0) is 17.6 Å². The first-order valence-electron chi connectivity index (χ1n) is 7.65. The molecule has 0 aliphatic heterocycles. The molecule has 0 aliphatic rings. The second-order valence-corrected chi connectivity index (χ2v) is 5.77. The van der Waals surface area contributed by atoms with Crippen LogP contribution in [0.2, 0.25) is 5.02 Å². The lowest BCUT2D eigenvalue weighted by molar-refractivity contribution is -0.121. The minimum absolute atomic E-state index is 0.00189. The number of phenols is 1. The zero-order chi connectivity index (χ0) is 17.5. The lowest BCUT2D eigenvalue weighted by atomic mass is 10.1. The first-order valence-corrected chi connectivity index (χ1v) is 8.03. The van der Waals surface area contributed by atoms with Gasteiger partial charge in [-0.25, -0.2) is 0 Å². The molecule has 0 spiro atoms. The zero-order valence-corrected chi connectivity index (χ0v) is 14.1. The maximum Gasteiger partial charge on any atom is 0.273 e. The second-order valence-electron chi connectivity index (χ2n) is 5.33. The summed E-state index contributed by atoms with van der Waals surface area (Å²) in [4.78, 5) is 23.7. The van der Waals surface area contributed by atoms with Crippen molar-refractivity contribution in [3.05, 3.63) is 64.2 Å². The number of hydrogen-bond acceptors (Lipinski definition) is 3. The van der Waals surface area contributed by atoms with Gasteiger partial charge in [0.2, 0.25) is 5.91 Å². The molecule has 2 aromatic rings. The highest BCUT2D eigenvalue weighted by molar-refractivity contribution is 6.31.